The summed E-state index contributed by atoms with van der Waals surface area (Å²) < 4.78 is 5.88. The second kappa shape index (κ2) is 8.38. The van der Waals surface area contributed by atoms with Crippen LogP contribution in [0.4, 0.5) is 4.79 Å². The van der Waals surface area contributed by atoms with E-state index < -0.39 is 11.5 Å². The number of carboxylic acids is 1. The molecule has 1 atom stereocenters. The number of amides is 2. The highest BCUT2D eigenvalue weighted by Crippen LogP contribution is 2.42. The molecule has 2 N–H and O–H groups in total. The molecule has 6 nitrogen and oxygen atoms in total. The van der Waals surface area contributed by atoms with Crippen LogP contribution in [0.3, 0.4) is 0 Å². The number of carbonyl (C=O) groups is 2. The summed E-state index contributed by atoms with van der Waals surface area (Å²) in [5.74, 6) is -0.382. The monoisotopic (exact) mass is 448 g/mol. The zero-order chi connectivity index (χ0) is 23.1. The normalized spacial score (nSPS) is 26.3. The van der Waals surface area contributed by atoms with E-state index in [0.29, 0.717) is 30.2 Å². The Morgan fingerprint density at radius 2 is 2.00 bits per heavy atom. The summed E-state index contributed by atoms with van der Waals surface area (Å²) in [7, 11) is 0. The van der Waals surface area contributed by atoms with Crippen LogP contribution in [0.25, 0.3) is 0 Å². The molecule has 2 amide bonds. The van der Waals surface area contributed by atoms with Gasteiger partial charge >= 0.3 is 12.0 Å². The van der Waals surface area contributed by atoms with E-state index in [1.54, 1.807) is 4.90 Å². The lowest BCUT2D eigenvalue weighted by Gasteiger charge is -2.47. The fourth-order valence-electron chi connectivity index (χ4n) is 4.16. The first-order valence-electron chi connectivity index (χ1n) is 10.8. The maximum absolute atomic E-state index is 13.0. The van der Waals surface area contributed by atoms with Gasteiger partial charge in [0.25, 0.3) is 0 Å². The molecule has 1 aliphatic heterocycles. The van der Waals surface area contributed by atoms with Crippen LogP contribution in [0, 0.1) is 17.3 Å². The second-order valence-corrected chi connectivity index (χ2v) is 10.8. The number of halogens is 1. The van der Waals surface area contributed by atoms with Gasteiger partial charge in [-0.25, -0.2) is 4.79 Å². The number of rotatable bonds is 6. The Kier molecular flexibility index (Phi) is 6.34. The van der Waals surface area contributed by atoms with Gasteiger partial charge < -0.3 is 15.2 Å². The summed E-state index contributed by atoms with van der Waals surface area (Å²) in [6.45, 7) is 13.0. The van der Waals surface area contributed by atoms with Crippen LogP contribution in [0.15, 0.2) is 30.0 Å². The number of aliphatic carboxylic acids is 1. The fraction of sp³-hybridized carbons (Fsp3) is 0.583. The van der Waals surface area contributed by atoms with Gasteiger partial charge in [0.1, 0.15) is 5.75 Å². The molecule has 0 saturated heterocycles. The van der Waals surface area contributed by atoms with Gasteiger partial charge in [0.2, 0.25) is 0 Å². The molecule has 0 aromatic heterocycles. The van der Waals surface area contributed by atoms with Crippen LogP contribution in [0.5, 0.6) is 5.75 Å². The summed E-state index contributed by atoms with van der Waals surface area (Å²) >= 11 is 6.54. The standard InChI is InChI=1S/C24H33ClN2O4/c1-14(2)18-12-27(17-9-15(10-17)21(28)29)22(30)26-24(18,6)16-7-8-20(19(25)11-16)31-13-23(3,4)5/h7-8,11-12,14-15,17H,9-10,13H2,1-6H3,(H,26,30)(H,28,29)/t15-,17-,24?. The Morgan fingerprint density at radius 1 is 1.35 bits per heavy atom. The topological polar surface area (TPSA) is 78.9 Å². The average molecular weight is 449 g/mol. The van der Waals surface area contributed by atoms with E-state index in [2.05, 4.69) is 39.9 Å². The van der Waals surface area contributed by atoms with Crippen molar-refractivity contribution >= 4 is 23.6 Å². The predicted octanol–water partition coefficient (Wildman–Crippen LogP) is 5.41. The van der Waals surface area contributed by atoms with E-state index in [1.807, 2.05) is 31.3 Å². The van der Waals surface area contributed by atoms with Crippen LogP contribution >= 0.6 is 11.6 Å². The third kappa shape index (κ3) is 4.84. The van der Waals surface area contributed by atoms with Gasteiger partial charge in [-0.2, -0.15) is 0 Å². The quantitative estimate of drug-likeness (QED) is 0.609. The van der Waals surface area contributed by atoms with Crippen LogP contribution in [0.2, 0.25) is 5.02 Å². The van der Waals surface area contributed by atoms with Crippen molar-refractivity contribution in [2.45, 2.75) is 66.0 Å². The zero-order valence-corrected chi connectivity index (χ0v) is 19.9. The first kappa shape index (κ1) is 23.5. The van der Waals surface area contributed by atoms with Crippen LogP contribution in [-0.2, 0) is 10.3 Å². The number of urea groups is 1. The fourth-order valence-corrected chi connectivity index (χ4v) is 4.40. The SMILES string of the molecule is CC(C)C1=CN([C@H]2C[C@H](C(=O)O)C2)C(=O)NC1(C)c1ccc(OCC(C)(C)C)c(Cl)c1. The third-order valence-corrected chi connectivity index (χ3v) is 6.39. The molecule has 31 heavy (non-hydrogen) atoms. The van der Waals surface area contributed by atoms with Gasteiger partial charge in [0, 0.05) is 12.2 Å². The van der Waals surface area contributed by atoms with E-state index in [9.17, 15) is 9.59 Å². The molecule has 1 aliphatic carbocycles. The lowest BCUT2D eigenvalue weighted by atomic mass is 9.76. The van der Waals surface area contributed by atoms with Crippen molar-refractivity contribution in [1.82, 2.24) is 10.2 Å². The highest BCUT2D eigenvalue weighted by Gasteiger charge is 2.45. The maximum atomic E-state index is 13.0. The number of carboxylic acid groups (broad SMARTS) is 1. The number of carbonyl (C=O) groups excluding carboxylic acids is 1. The summed E-state index contributed by atoms with van der Waals surface area (Å²) in [6.07, 6.45) is 2.87. The lowest BCUT2D eigenvalue weighted by Crippen LogP contribution is -2.59. The van der Waals surface area contributed by atoms with Crippen molar-refractivity contribution in [3.8, 4) is 5.75 Å². The van der Waals surface area contributed by atoms with Crippen LogP contribution in [-0.4, -0.2) is 34.7 Å². The third-order valence-electron chi connectivity index (χ3n) is 6.09. The number of ether oxygens (including phenoxy) is 1. The molecule has 1 heterocycles. The molecule has 7 heteroatoms. The molecule has 1 aromatic rings. The minimum Gasteiger partial charge on any atom is -0.491 e. The van der Waals surface area contributed by atoms with E-state index in [1.165, 1.54) is 0 Å². The van der Waals surface area contributed by atoms with Gasteiger partial charge in [-0.15, -0.1) is 0 Å². The number of nitrogens with one attached hydrogen (secondary N) is 1. The van der Waals surface area contributed by atoms with Crippen molar-refractivity contribution in [3.63, 3.8) is 0 Å². The Hall–Kier alpha value is -2.21. The molecular weight excluding hydrogens is 416 g/mol. The first-order valence-corrected chi connectivity index (χ1v) is 11.2. The molecule has 1 aromatic carbocycles. The zero-order valence-electron chi connectivity index (χ0n) is 19.2. The Bertz CT molecular complexity index is 899. The highest BCUT2D eigenvalue weighted by molar-refractivity contribution is 6.32. The maximum Gasteiger partial charge on any atom is 0.322 e. The minimum atomic E-state index is -0.796. The van der Waals surface area contributed by atoms with Gasteiger partial charge in [0.05, 0.1) is 23.1 Å². The Morgan fingerprint density at radius 3 is 2.52 bits per heavy atom. The largest absolute Gasteiger partial charge is 0.491 e. The molecule has 0 radical (unpaired) electrons. The van der Waals surface area contributed by atoms with Crippen molar-refractivity contribution in [3.05, 3.63) is 40.6 Å². The Labute approximate surface area is 189 Å². The predicted molar refractivity (Wildman–Crippen MR) is 121 cm³/mol. The molecule has 0 bridgehead atoms. The van der Waals surface area contributed by atoms with Crippen molar-refractivity contribution in [1.29, 1.82) is 0 Å². The van der Waals surface area contributed by atoms with Crippen molar-refractivity contribution in [2.75, 3.05) is 6.61 Å². The van der Waals surface area contributed by atoms with Crippen molar-refractivity contribution < 1.29 is 19.4 Å². The van der Waals surface area contributed by atoms with Gasteiger partial charge in [-0.05, 0) is 54.4 Å². The summed E-state index contributed by atoms with van der Waals surface area (Å²) in [5.41, 5.74) is 1.23. The number of hydrogen-bond acceptors (Lipinski definition) is 3. The lowest BCUT2D eigenvalue weighted by molar-refractivity contribution is -0.146. The number of hydrogen-bond donors (Lipinski definition) is 2. The summed E-state index contributed by atoms with van der Waals surface area (Å²) in [4.78, 5) is 25.8. The number of nitrogens with zero attached hydrogens (tertiary/aromatic N) is 1. The minimum absolute atomic E-state index is 0.0174. The molecular formula is C24H33ClN2O4. The van der Waals surface area contributed by atoms with E-state index >= 15 is 0 Å². The van der Waals surface area contributed by atoms with E-state index in [4.69, 9.17) is 21.4 Å². The highest BCUT2D eigenvalue weighted by atomic mass is 35.5. The molecule has 1 saturated carbocycles. The molecule has 3 rings (SSSR count). The molecule has 1 unspecified atom stereocenters. The van der Waals surface area contributed by atoms with Crippen LogP contribution in [0.1, 0.15) is 59.9 Å². The van der Waals surface area contributed by atoms with Gasteiger partial charge in [-0.3, -0.25) is 9.69 Å². The molecule has 170 valence electrons. The molecule has 2 aliphatic rings. The van der Waals surface area contributed by atoms with Crippen molar-refractivity contribution in [2.24, 2.45) is 17.3 Å². The second-order valence-electron chi connectivity index (χ2n) is 10.4. The van der Waals surface area contributed by atoms with E-state index in [-0.39, 0.29) is 29.3 Å². The molecule has 0 spiro atoms. The summed E-state index contributed by atoms with van der Waals surface area (Å²) in [6, 6.07) is 5.35. The average Bonchev–Trinajstić information content (AvgIpc) is 2.59. The smallest absolute Gasteiger partial charge is 0.322 e. The first-order chi connectivity index (χ1) is 14.3. The Balaban J connectivity index is 1.88. The summed E-state index contributed by atoms with van der Waals surface area (Å²) in [5, 5.41) is 12.8. The molecule has 1 fully saturated rings. The van der Waals surface area contributed by atoms with E-state index in [0.717, 1.165) is 11.1 Å². The van der Waals surface area contributed by atoms with Gasteiger partial charge in [0.15, 0.2) is 0 Å². The number of benzene rings is 1. The van der Waals surface area contributed by atoms with Crippen LogP contribution < -0.4 is 10.1 Å². The van der Waals surface area contributed by atoms with Gasteiger partial charge in [-0.1, -0.05) is 52.3 Å².